The van der Waals surface area contributed by atoms with Crippen molar-refractivity contribution in [1.82, 2.24) is 4.98 Å². The number of carbonyl (C=O) groups is 1. The van der Waals surface area contributed by atoms with Crippen molar-refractivity contribution in [2.45, 2.75) is 0 Å². The van der Waals surface area contributed by atoms with Crippen LogP contribution in [-0.4, -0.2) is 17.9 Å². The van der Waals surface area contributed by atoms with Gasteiger partial charge in [0, 0.05) is 11.1 Å². The van der Waals surface area contributed by atoms with E-state index in [0.29, 0.717) is 28.0 Å². The maximum absolute atomic E-state index is 13.2. The van der Waals surface area contributed by atoms with Crippen LogP contribution < -0.4 is 4.74 Å². The Kier molecular flexibility index (Phi) is 4.54. The first-order chi connectivity index (χ1) is 13.3. The minimum Gasteiger partial charge on any atom is -0.496 e. The summed E-state index contributed by atoms with van der Waals surface area (Å²) in [5.74, 6) is 0.802. The Hall–Kier alpha value is -3.66. The van der Waals surface area contributed by atoms with E-state index in [4.69, 9.17) is 9.15 Å². The Labute approximate surface area is 156 Å². The Bertz CT molecular complexity index is 1090. The fraction of sp³-hybridized carbons (Fsp3) is 0.0435. The van der Waals surface area contributed by atoms with E-state index in [9.17, 15) is 4.79 Å². The van der Waals surface area contributed by atoms with Gasteiger partial charge in [-0.15, -0.1) is 0 Å². The molecule has 0 bridgehead atoms. The number of methoxy groups -OCH3 is 1. The molecule has 0 aliphatic rings. The first-order valence-electron chi connectivity index (χ1n) is 8.56. The van der Waals surface area contributed by atoms with Gasteiger partial charge in [0.15, 0.2) is 11.4 Å². The van der Waals surface area contributed by atoms with Gasteiger partial charge >= 0.3 is 0 Å². The third-order valence-corrected chi connectivity index (χ3v) is 4.24. The molecule has 4 aromatic rings. The third kappa shape index (κ3) is 3.37. The molecule has 1 heterocycles. The summed E-state index contributed by atoms with van der Waals surface area (Å²) in [6.45, 7) is 0. The van der Waals surface area contributed by atoms with Gasteiger partial charge in [0.05, 0.1) is 12.7 Å². The molecule has 4 rings (SSSR count). The quantitative estimate of drug-likeness (QED) is 0.362. The summed E-state index contributed by atoms with van der Waals surface area (Å²) < 4.78 is 11.3. The smallest absolute Gasteiger partial charge is 0.231 e. The summed E-state index contributed by atoms with van der Waals surface area (Å²) >= 11 is 0. The van der Waals surface area contributed by atoms with Crippen molar-refractivity contribution >= 4 is 28.5 Å². The van der Waals surface area contributed by atoms with Crippen molar-refractivity contribution in [2.24, 2.45) is 0 Å². The summed E-state index contributed by atoms with van der Waals surface area (Å²) in [4.78, 5) is 17.7. The van der Waals surface area contributed by atoms with Gasteiger partial charge < -0.3 is 9.15 Å². The summed E-state index contributed by atoms with van der Waals surface area (Å²) in [5.41, 5.74) is 3.07. The monoisotopic (exact) mass is 355 g/mol. The zero-order chi connectivity index (χ0) is 18.6. The van der Waals surface area contributed by atoms with E-state index in [-0.39, 0.29) is 11.7 Å². The largest absolute Gasteiger partial charge is 0.496 e. The molecule has 0 unspecified atom stereocenters. The Morgan fingerprint density at radius 2 is 1.63 bits per heavy atom. The maximum atomic E-state index is 13.2. The highest BCUT2D eigenvalue weighted by Gasteiger charge is 2.20. The second-order valence-electron chi connectivity index (χ2n) is 5.98. The number of nitrogens with zero attached hydrogens (tertiary/aromatic N) is 1. The van der Waals surface area contributed by atoms with Gasteiger partial charge in [-0.1, -0.05) is 60.7 Å². The third-order valence-electron chi connectivity index (χ3n) is 4.24. The molecular weight excluding hydrogens is 338 g/mol. The predicted molar refractivity (Wildman–Crippen MR) is 106 cm³/mol. The van der Waals surface area contributed by atoms with Crippen LogP contribution >= 0.6 is 0 Å². The molecule has 4 nitrogen and oxygen atoms in total. The Morgan fingerprint density at radius 1 is 0.926 bits per heavy atom. The highest BCUT2D eigenvalue weighted by Crippen LogP contribution is 2.28. The molecule has 0 saturated carbocycles. The molecule has 27 heavy (non-hydrogen) atoms. The number of ether oxygens (including phenoxy) is 1. The van der Waals surface area contributed by atoms with Crippen molar-refractivity contribution in [3.8, 4) is 5.75 Å². The van der Waals surface area contributed by atoms with Crippen LogP contribution in [0.4, 0.5) is 0 Å². The number of aromatic nitrogens is 1. The van der Waals surface area contributed by atoms with Crippen LogP contribution in [0.3, 0.4) is 0 Å². The summed E-state index contributed by atoms with van der Waals surface area (Å²) in [6, 6.07) is 24.1. The van der Waals surface area contributed by atoms with E-state index < -0.39 is 0 Å². The topological polar surface area (TPSA) is 52.3 Å². The number of Topliss-reactive ketones (excluding diaryl/α,β-unsaturated/α-hetero) is 1. The van der Waals surface area contributed by atoms with E-state index >= 15 is 0 Å². The fourth-order valence-corrected chi connectivity index (χ4v) is 2.90. The van der Waals surface area contributed by atoms with Crippen LogP contribution in [0.1, 0.15) is 21.8 Å². The Morgan fingerprint density at radius 3 is 2.41 bits per heavy atom. The van der Waals surface area contributed by atoms with Crippen LogP contribution in [0.2, 0.25) is 0 Å². The molecule has 0 N–H and O–H groups in total. The molecule has 4 heteroatoms. The predicted octanol–water partition coefficient (Wildman–Crippen LogP) is 5.26. The SMILES string of the molecule is COc1ccccc1/C=C(\C(=O)c1ccccc1)c1nc2ccccc2o1. The maximum Gasteiger partial charge on any atom is 0.231 e. The van der Waals surface area contributed by atoms with Gasteiger partial charge in [0.2, 0.25) is 5.89 Å². The summed E-state index contributed by atoms with van der Waals surface area (Å²) in [7, 11) is 1.60. The van der Waals surface area contributed by atoms with Gasteiger partial charge in [-0.2, -0.15) is 0 Å². The number of hydrogen-bond donors (Lipinski definition) is 0. The van der Waals surface area contributed by atoms with Crippen LogP contribution in [0.25, 0.3) is 22.7 Å². The van der Waals surface area contributed by atoms with Crippen LogP contribution in [0, 0.1) is 0 Å². The number of oxazole rings is 1. The Balaban J connectivity index is 1.89. The lowest BCUT2D eigenvalue weighted by atomic mass is 10.0. The number of hydrogen-bond acceptors (Lipinski definition) is 4. The molecule has 1 aromatic heterocycles. The second kappa shape index (κ2) is 7.30. The lowest BCUT2D eigenvalue weighted by Gasteiger charge is -2.07. The molecule has 0 atom stereocenters. The fourth-order valence-electron chi connectivity index (χ4n) is 2.90. The standard InChI is InChI=1S/C23H17NO3/c1-26-20-13-7-5-11-17(20)15-18(22(25)16-9-3-2-4-10-16)23-24-19-12-6-8-14-21(19)27-23/h2-15H,1H3/b18-15+. The first kappa shape index (κ1) is 16.8. The number of allylic oxidation sites excluding steroid dienone is 1. The van der Waals surface area contributed by atoms with E-state index in [0.717, 1.165) is 5.56 Å². The highest BCUT2D eigenvalue weighted by molar-refractivity contribution is 6.31. The van der Waals surface area contributed by atoms with Crippen LogP contribution in [-0.2, 0) is 0 Å². The van der Waals surface area contributed by atoms with E-state index in [1.54, 1.807) is 25.3 Å². The number of rotatable bonds is 5. The lowest BCUT2D eigenvalue weighted by Crippen LogP contribution is -2.03. The molecule has 0 saturated heterocycles. The van der Waals surface area contributed by atoms with Crippen molar-refractivity contribution < 1.29 is 13.9 Å². The minimum absolute atomic E-state index is 0.159. The van der Waals surface area contributed by atoms with E-state index in [1.165, 1.54) is 0 Å². The summed E-state index contributed by atoms with van der Waals surface area (Å²) in [6.07, 6.45) is 1.76. The van der Waals surface area contributed by atoms with Crippen LogP contribution in [0.5, 0.6) is 5.75 Å². The molecule has 3 aromatic carbocycles. The van der Waals surface area contributed by atoms with Crippen molar-refractivity contribution in [1.29, 1.82) is 0 Å². The molecule has 0 radical (unpaired) electrons. The zero-order valence-electron chi connectivity index (χ0n) is 14.8. The molecule has 0 spiro atoms. The van der Waals surface area contributed by atoms with E-state index in [2.05, 4.69) is 4.98 Å². The zero-order valence-corrected chi connectivity index (χ0v) is 14.8. The number of carbonyl (C=O) groups excluding carboxylic acids is 1. The molecular formula is C23H17NO3. The molecule has 0 aliphatic heterocycles. The number of fused-ring (bicyclic) bond motifs is 1. The second-order valence-corrected chi connectivity index (χ2v) is 5.98. The number of para-hydroxylation sites is 3. The average Bonchev–Trinajstić information content (AvgIpc) is 3.16. The molecule has 0 amide bonds. The normalized spacial score (nSPS) is 11.5. The van der Waals surface area contributed by atoms with Gasteiger partial charge in [-0.05, 0) is 24.3 Å². The van der Waals surface area contributed by atoms with Gasteiger partial charge in [0.25, 0.3) is 0 Å². The van der Waals surface area contributed by atoms with Crippen molar-refractivity contribution in [3.63, 3.8) is 0 Å². The van der Waals surface area contributed by atoms with Crippen molar-refractivity contribution in [3.05, 3.63) is 95.9 Å². The minimum atomic E-state index is -0.159. The van der Waals surface area contributed by atoms with Crippen LogP contribution in [0.15, 0.2) is 83.3 Å². The van der Waals surface area contributed by atoms with E-state index in [1.807, 2.05) is 66.7 Å². The van der Waals surface area contributed by atoms with Gasteiger partial charge in [-0.3, -0.25) is 4.79 Å². The average molecular weight is 355 g/mol. The van der Waals surface area contributed by atoms with Crippen molar-refractivity contribution in [2.75, 3.05) is 7.11 Å². The molecule has 0 aliphatic carbocycles. The molecule has 0 fully saturated rings. The molecule has 132 valence electrons. The highest BCUT2D eigenvalue weighted by atomic mass is 16.5. The van der Waals surface area contributed by atoms with Gasteiger partial charge in [0.1, 0.15) is 11.3 Å². The first-order valence-corrected chi connectivity index (χ1v) is 8.56. The lowest BCUT2D eigenvalue weighted by molar-refractivity contribution is 0.105. The van der Waals surface area contributed by atoms with Gasteiger partial charge in [-0.25, -0.2) is 4.98 Å². The summed E-state index contributed by atoms with van der Waals surface area (Å²) in [5, 5.41) is 0. The number of benzene rings is 3. The number of ketones is 1.